The molecule has 0 aliphatic rings. The summed E-state index contributed by atoms with van der Waals surface area (Å²) in [7, 11) is 1.81. The number of carbonyl (C=O) groups excluding carboxylic acids is 1. The Morgan fingerprint density at radius 1 is 1.45 bits per heavy atom. The first-order chi connectivity index (χ1) is 9.50. The Hall–Kier alpha value is -1.88. The number of aromatic nitrogens is 2. The van der Waals surface area contributed by atoms with Crippen LogP contribution in [0.5, 0.6) is 0 Å². The van der Waals surface area contributed by atoms with Gasteiger partial charge in [-0.25, -0.2) is 4.52 Å². The lowest BCUT2D eigenvalue weighted by Crippen LogP contribution is -2.34. The van der Waals surface area contributed by atoms with Crippen LogP contribution in [0.25, 0.3) is 5.52 Å². The van der Waals surface area contributed by atoms with Crippen molar-refractivity contribution in [2.75, 3.05) is 13.6 Å². The minimum absolute atomic E-state index is 0.0119. The fourth-order valence-electron chi connectivity index (χ4n) is 2.08. The fraction of sp³-hybridized carbons (Fsp3) is 0.467. The molecule has 0 radical (unpaired) electrons. The molecule has 1 unspecified atom stereocenters. The normalized spacial score (nSPS) is 12.8. The van der Waals surface area contributed by atoms with Crippen LogP contribution in [0, 0.1) is 5.92 Å². The topological polar surface area (TPSA) is 63.6 Å². The molecule has 1 amide bonds. The van der Waals surface area contributed by atoms with Crippen LogP contribution < -0.4 is 5.73 Å². The van der Waals surface area contributed by atoms with E-state index in [1.807, 2.05) is 31.4 Å². The first-order valence-corrected chi connectivity index (χ1v) is 6.94. The lowest BCUT2D eigenvalue weighted by Gasteiger charge is -2.21. The Morgan fingerprint density at radius 3 is 2.90 bits per heavy atom. The van der Waals surface area contributed by atoms with Crippen LogP contribution in [0.3, 0.4) is 0 Å². The molecule has 0 aromatic carbocycles. The molecule has 0 aliphatic carbocycles. The van der Waals surface area contributed by atoms with Crippen molar-refractivity contribution in [1.29, 1.82) is 0 Å². The summed E-state index contributed by atoms with van der Waals surface area (Å²) in [6, 6.07) is 5.81. The maximum Gasteiger partial charge on any atom is 0.257 e. The van der Waals surface area contributed by atoms with E-state index in [0.717, 1.165) is 11.9 Å². The number of rotatable bonds is 5. The molecule has 0 spiro atoms. The quantitative estimate of drug-likeness (QED) is 0.904. The highest BCUT2D eigenvalue weighted by Crippen LogP contribution is 2.13. The van der Waals surface area contributed by atoms with Crippen LogP contribution in [-0.4, -0.2) is 40.1 Å². The molecule has 2 N–H and O–H groups in total. The summed E-state index contributed by atoms with van der Waals surface area (Å²) < 4.78 is 1.71. The molecule has 20 heavy (non-hydrogen) atoms. The summed E-state index contributed by atoms with van der Waals surface area (Å²) >= 11 is 0. The fourth-order valence-corrected chi connectivity index (χ4v) is 2.08. The predicted octanol–water partition coefficient (Wildman–Crippen LogP) is 1.78. The van der Waals surface area contributed by atoms with E-state index in [-0.39, 0.29) is 11.9 Å². The van der Waals surface area contributed by atoms with Crippen molar-refractivity contribution in [3.63, 3.8) is 0 Å². The molecule has 2 aromatic rings. The van der Waals surface area contributed by atoms with Crippen molar-refractivity contribution in [2.45, 2.75) is 26.3 Å². The number of carbonyl (C=O) groups is 1. The molecular weight excluding hydrogens is 252 g/mol. The average Bonchev–Trinajstić information content (AvgIpc) is 2.87. The van der Waals surface area contributed by atoms with Crippen LogP contribution in [0.4, 0.5) is 0 Å². The van der Waals surface area contributed by atoms with Gasteiger partial charge in [-0.1, -0.05) is 19.9 Å². The van der Waals surface area contributed by atoms with E-state index in [0.29, 0.717) is 18.0 Å². The third kappa shape index (κ3) is 2.99. The van der Waals surface area contributed by atoms with E-state index in [9.17, 15) is 4.79 Å². The minimum atomic E-state index is -0.0119. The van der Waals surface area contributed by atoms with E-state index in [4.69, 9.17) is 5.73 Å². The van der Waals surface area contributed by atoms with Gasteiger partial charge in [0.05, 0.1) is 17.3 Å². The first kappa shape index (κ1) is 14.5. The minimum Gasteiger partial charge on any atom is -0.342 e. The van der Waals surface area contributed by atoms with Gasteiger partial charge in [0.1, 0.15) is 0 Å². The van der Waals surface area contributed by atoms with E-state index < -0.39 is 0 Å². The van der Waals surface area contributed by atoms with Crippen molar-refractivity contribution in [3.8, 4) is 0 Å². The van der Waals surface area contributed by atoms with Gasteiger partial charge in [0.25, 0.3) is 5.91 Å². The van der Waals surface area contributed by atoms with Crippen molar-refractivity contribution < 1.29 is 4.79 Å². The zero-order valence-corrected chi connectivity index (χ0v) is 12.3. The Morgan fingerprint density at radius 2 is 2.20 bits per heavy atom. The van der Waals surface area contributed by atoms with Gasteiger partial charge < -0.3 is 10.6 Å². The van der Waals surface area contributed by atoms with E-state index in [2.05, 4.69) is 18.9 Å². The summed E-state index contributed by atoms with van der Waals surface area (Å²) in [5, 5.41) is 4.19. The van der Waals surface area contributed by atoms with Gasteiger partial charge in [0.2, 0.25) is 0 Å². The molecule has 0 saturated carbocycles. The SMILES string of the molecule is CC(C)C(N)CCN(C)C(=O)c1cnn2ccccc12. The van der Waals surface area contributed by atoms with Gasteiger partial charge in [-0.2, -0.15) is 5.10 Å². The summed E-state index contributed by atoms with van der Waals surface area (Å²) in [6.07, 6.45) is 4.26. The Labute approximate surface area is 119 Å². The van der Waals surface area contributed by atoms with Crippen LogP contribution in [0.2, 0.25) is 0 Å². The number of fused-ring (bicyclic) bond motifs is 1. The molecule has 5 nitrogen and oxygen atoms in total. The molecule has 2 aromatic heterocycles. The second kappa shape index (κ2) is 6.05. The molecule has 0 fully saturated rings. The van der Waals surface area contributed by atoms with E-state index >= 15 is 0 Å². The third-order valence-corrected chi connectivity index (χ3v) is 3.66. The van der Waals surface area contributed by atoms with Crippen molar-refractivity contribution >= 4 is 11.4 Å². The molecule has 2 heterocycles. The number of nitrogens with two attached hydrogens (primary N) is 1. The molecule has 0 saturated heterocycles. The number of pyridine rings is 1. The van der Waals surface area contributed by atoms with Gasteiger partial charge in [0, 0.05) is 25.8 Å². The maximum atomic E-state index is 12.4. The lowest BCUT2D eigenvalue weighted by atomic mass is 10.0. The summed E-state index contributed by atoms with van der Waals surface area (Å²) in [5.74, 6) is 0.414. The highest BCUT2D eigenvalue weighted by molar-refractivity contribution is 6.00. The second-order valence-corrected chi connectivity index (χ2v) is 5.51. The smallest absolute Gasteiger partial charge is 0.257 e. The Bertz CT molecular complexity index is 590. The Balaban J connectivity index is 2.07. The third-order valence-electron chi connectivity index (χ3n) is 3.66. The molecular formula is C15H22N4O. The molecule has 2 rings (SSSR count). The average molecular weight is 274 g/mol. The summed E-state index contributed by atoms with van der Waals surface area (Å²) in [5.41, 5.74) is 7.48. The Kier molecular flexibility index (Phi) is 4.39. The monoisotopic (exact) mass is 274 g/mol. The zero-order valence-electron chi connectivity index (χ0n) is 12.3. The number of amides is 1. The van der Waals surface area contributed by atoms with Crippen molar-refractivity contribution in [2.24, 2.45) is 11.7 Å². The van der Waals surface area contributed by atoms with Crippen LogP contribution in [-0.2, 0) is 0 Å². The van der Waals surface area contributed by atoms with Gasteiger partial charge >= 0.3 is 0 Å². The number of hydrogen-bond donors (Lipinski definition) is 1. The standard InChI is InChI=1S/C15H22N4O/c1-11(2)13(16)7-9-18(3)15(20)12-10-17-19-8-5-4-6-14(12)19/h4-6,8,10-11,13H,7,9,16H2,1-3H3. The predicted molar refractivity (Wildman–Crippen MR) is 79.6 cm³/mol. The summed E-state index contributed by atoms with van der Waals surface area (Å²) in [6.45, 7) is 4.85. The van der Waals surface area contributed by atoms with Crippen LogP contribution in [0.1, 0.15) is 30.6 Å². The lowest BCUT2D eigenvalue weighted by molar-refractivity contribution is 0.0791. The number of nitrogens with zero attached hydrogens (tertiary/aromatic N) is 3. The first-order valence-electron chi connectivity index (χ1n) is 6.94. The molecule has 1 atom stereocenters. The van der Waals surface area contributed by atoms with E-state index in [1.54, 1.807) is 15.6 Å². The van der Waals surface area contributed by atoms with Gasteiger partial charge in [-0.05, 0) is 24.5 Å². The highest BCUT2D eigenvalue weighted by atomic mass is 16.2. The second-order valence-electron chi connectivity index (χ2n) is 5.51. The van der Waals surface area contributed by atoms with Gasteiger partial charge in [0.15, 0.2) is 0 Å². The summed E-state index contributed by atoms with van der Waals surface area (Å²) in [4.78, 5) is 14.1. The van der Waals surface area contributed by atoms with Crippen molar-refractivity contribution in [1.82, 2.24) is 14.5 Å². The van der Waals surface area contributed by atoms with Crippen LogP contribution in [0.15, 0.2) is 30.6 Å². The maximum absolute atomic E-state index is 12.4. The van der Waals surface area contributed by atoms with Gasteiger partial charge in [-0.15, -0.1) is 0 Å². The highest BCUT2D eigenvalue weighted by Gasteiger charge is 2.17. The molecule has 108 valence electrons. The number of hydrogen-bond acceptors (Lipinski definition) is 3. The van der Waals surface area contributed by atoms with E-state index in [1.165, 1.54) is 0 Å². The molecule has 0 aliphatic heterocycles. The largest absolute Gasteiger partial charge is 0.342 e. The molecule has 5 heteroatoms. The van der Waals surface area contributed by atoms with Crippen LogP contribution >= 0.6 is 0 Å². The molecule has 0 bridgehead atoms. The van der Waals surface area contributed by atoms with Crippen molar-refractivity contribution in [3.05, 3.63) is 36.2 Å². The zero-order chi connectivity index (χ0) is 14.7. The van der Waals surface area contributed by atoms with Gasteiger partial charge in [-0.3, -0.25) is 4.79 Å².